The van der Waals surface area contributed by atoms with Crippen molar-refractivity contribution < 1.29 is 27.4 Å². The van der Waals surface area contributed by atoms with Gasteiger partial charge in [0.2, 0.25) is 11.8 Å². The van der Waals surface area contributed by atoms with Gasteiger partial charge in [0.1, 0.15) is 11.3 Å². The minimum Gasteiger partial charge on any atom is -0.437 e. The molecule has 0 atom stereocenters. The maximum Gasteiger partial charge on any atom is 0.423 e. The zero-order chi connectivity index (χ0) is 23.7. The Kier molecular flexibility index (Phi) is 4.40. The quantitative estimate of drug-likeness (QED) is 0.617. The zero-order valence-corrected chi connectivity index (χ0v) is 18.0. The Labute approximate surface area is 191 Å². The molecule has 1 amide bonds. The fraction of sp³-hybridized carbons (Fsp3) is 0.364. The molecule has 3 aliphatic rings. The fourth-order valence-electron chi connectivity index (χ4n) is 4.59. The number of nitrogens with zero attached hydrogens (tertiary/aromatic N) is 5. The molecule has 9 nitrogen and oxygen atoms in total. The molecule has 0 saturated heterocycles. The summed E-state index contributed by atoms with van der Waals surface area (Å²) >= 11 is 0. The Morgan fingerprint density at radius 2 is 2.06 bits per heavy atom. The summed E-state index contributed by atoms with van der Waals surface area (Å²) in [4.78, 5) is 22.4. The highest BCUT2D eigenvalue weighted by Gasteiger charge is 2.57. The van der Waals surface area contributed by atoms with Crippen LogP contribution in [0.5, 0.6) is 11.6 Å². The van der Waals surface area contributed by atoms with Gasteiger partial charge in [-0.3, -0.25) is 9.48 Å². The van der Waals surface area contributed by atoms with Gasteiger partial charge in [-0.1, -0.05) is 12.1 Å². The number of rotatable bonds is 4. The molecule has 0 unspecified atom stereocenters. The normalized spacial score (nSPS) is 18.1. The van der Waals surface area contributed by atoms with Crippen molar-refractivity contribution in [2.24, 2.45) is 0 Å². The van der Waals surface area contributed by atoms with Gasteiger partial charge >= 0.3 is 6.18 Å². The molecule has 4 heterocycles. The van der Waals surface area contributed by atoms with E-state index in [2.05, 4.69) is 20.4 Å². The molecule has 176 valence electrons. The van der Waals surface area contributed by atoms with Crippen LogP contribution >= 0.6 is 0 Å². The van der Waals surface area contributed by atoms with Crippen LogP contribution in [0, 0.1) is 0 Å². The number of aromatic nitrogens is 4. The number of halogens is 3. The van der Waals surface area contributed by atoms with E-state index in [-0.39, 0.29) is 28.7 Å². The smallest absolute Gasteiger partial charge is 0.423 e. The summed E-state index contributed by atoms with van der Waals surface area (Å²) in [6.07, 6.45) is -0.938. The average Bonchev–Trinajstić information content (AvgIpc) is 3.48. The average molecular weight is 472 g/mol. The molecule has 1 spiro atoms. The van der Waals surface area contributed by atoms with Crippen LogP contribution in [-0.4, -0.2) is 44.2 Å². The van der Waals surface area contributed by atoms with E-state index < -0.39 is 17.6 Å². The third-order valence-electron chi connectivity index (χ3n) is 6.56. The molecule has 2 aliphatic heterocycles. The molecule has 6 rings (SSSR count). The van der Waals surface area contributed by atoms with Gasteiger partial charge in [-0.2, -0.15) is 23.3 Å². The fourth-order valence-corrected chi connectivity index (χ4v) is 4.59. The van der Waals surface area contributed by atoms with Crippen molar-refractivity contribution in [1.82, 2.24) is 24.6 Å². The van der Waals surface area contributed by atoms with Crippen molar-refractivity contribution in [1.29, 1.82) is 0 Å². The molecule has 2 aromatic heterocycles. The maximum absolute atomic E-state index is 13.7. The lowest BCUT2D eigenvalue weighted by atomic mass is 10.0. The largest absolute Gasteiger partial charge is 0.437 e. The van der Waals surface area contributed by atoms with E-state index in [1.165, 1.54) is 6.07 Å². The zero-order valence-electron chi connectivity index (χ0n) is 18.0. The van der Waals surface area contributed by atoms with Gasteiger partial charge < -0.3 is 19.7 Å². The molecule has 0 radical (unpaired) electrons. The van der Waals surface area contributed by atoms with Crippen LogP contribution in [0.4, 0.5) is 24.8 Å². The van der Waals surface area contributed by atoms with Crippen molar-refractivity contribution in [3.63, 3.8) is 0 Å². The second kappa shape index (κ2) is 7.16. The first kappa shape index (κ1) is 20.9. The number of hydrogen-bond donors (Lipinski definition) is 1. The third-order valence-corrected chi connectivity index (χ3v) is 6.56. The van der Waals surface area contributed by atoms with E-state index in [1.54, 1.807) is 28.9 Å². The molecule has 1 aliphatic carbocycles. The lowest BCUT2D eigenvalue weighted by molar-refractivity contribution is -0.139. The van der Waals surface area contributed by atoms with Crippen LogP contribution in [0.2, 0.25) is 0 Å². The monoisotopic (exact) mass is 472 g/mol. The molecule has 1 saturated carbocycles. The van der Waals surface area contributed by atoms with Gasteiger partial charge in [-0.05, 0) is 24.5 Å². The number of carbonyl (C=O) groups excluding carboxylic acids is 1. The first-order chi connectivity index (χ1) is 16.3. The summed E-state index contributed by atoms with van der Waals surface area (Å²) in [7, 11) is 1.70. The van der Waals surface area contributed by atoms with Crippen molar-refractivity contribution in [2.75, 3.05) is 19.0 Å². The van der Waals surface area contributed by atoms with E-state index in [0.29, 0.717) is 31.6 Å². The van der Waals surface area contributed by atoms with Crippen LogP contribution in [0.3, 0.4) is 0 Å². The van der Waals surface area contributed by atoms with Crippen molar-refractivity contribution in [3.8, 4) is 11.6 Å². The number of anilines is 2. The molecule has 1 fully saturated rings. The minimum absolute atomic E-state index is 0.0320. The SMILES string of the molecule is CN1C(=O)c2c(Oc3nc(Nc4cnn5c4COCC5)ncc3C(F)(F)F)cccc2C12CC2. The van der Waals surface area contributed by atoms with Crippen molar-refractivity contribution in [2.45, 2.75) is 37.7 Å². The molecule has 3 aromatic rings. The predicted molar refractivity (Wildman–Crippen MR) is 112 cm³/mol. The van der Waals surface area contributed by atoms with E-state index in [1.807, 2.05) is 6.07 Å². The summed E-state index contributed by atoms with van der Waals surface area (Å²) in [6.45, 7) is 1.40. The Bertz CT molecular complexity index is 1320. The second-order valence-electron chi connectivity index (χ2n) is 8.49. The number of nitrogens with one attached hydrogen (secondary N) is 1. The Balaban J connectivity index is 1.38. The van der Waals surface area contributed by atoms with E-state index in [9.17, 15) is 18.0 Å². The van der Waals surface area contributed by atoms with Crippen molar-refractivity contribution in [3.05, 3.63) is 53.0 Å². The first-order valence-electron chi connectivity index (χ1n) is 10.7. The number of hydrogen-bond acceptors (Lipinski definition) is 7. The summed E-state index contributed by atoms with van der Waals surface area (Å²) in [5, 5.41) is 7.14. The van der Waals surface area contributed by atoms with Crippen LogP contribution in [0.1, 0.15) is 40.0 Å². The van der Waals surface area contributed by atoms with Gasteiger partial charge in [-0.25, -0.2) is 4.98 Å². The van der Waals surface area contributed by atoms with Crippen LogP contribution in [-0.2, 0) is 29.6 Å². The van der Waals surface area contributed by atoms with Gasteiger partial charge in [0.05, 0.1) is 48.4 Å². The number of alkyl halides is 3. The molecular formula is C22H19F3N6O3. The highest BCUT2D eigenvalue weighted by Crippen LogP contribution is 2.57. The van der Waals surface area contributed by atoms with Crippen LogP contribution in [0.25, 0.3) is 0 Å². The molecule has 0 bridgehead atoms. The Hall–Kier alpha value is -3.67. The van der Waals surface area contributed by atoms with E-state index in [4.69, 9.17) is 9.47 Å². The molecule has 1 N–H and O–H groups in total. The van der Waals surface area contributed by atoms with E-state index >= 15 is 0 Å². The lowest BCUT2D eigenvalue weighted by Crippen LogP contribution is -2.28. The van der Waals surface area contributed by atoms with E-state index in [0.717, 1.165) is 24.1 Å². The summed E-state index contributed by atoms with van der Waals surface area (Å²) in [6, 6.07) is 4.97. The summed E-state index contributed by atoms with van der Waals surface area (Å²) < 4.78 is 54.1. The van der Waals surface area contributed by atoms with Gasteiger partial charge in [0, 0.05) is 13.2 Å². The molecule has 12 heteroatoms. The number of ether oxygens (including phenoxy) is 2. The van der Waals surface area contributed by atoms with Crippen LogP contribution < -0.4 is 10.1 Å². The minimum atomic E-state index is -4.75. The molecule has 1 aromatic carbocycles. The number of carbonyl (C=O) groups is 1. The number of fused-ring (bicyclic) bond motifs is 3. The topological polar surface area (TPSA) is 94.4 Å². The maximum atomic E-state index is 13.7. The predicted octanol–water partition coefficient (Wildman–Crippen LogP) is 3.83. The highest BCUT2D eigenvalue weighted by molar-refractivity contribution is 6.03. The van der Waals surface area contributed by atoms with Crippen LogP contribution in [0.15, 0.2) is 30.6 Å². The highest BCUT2D eigenvalue weighted by atomic mass is 19.4. The Morgan fingerprint density at radius 1 is 1.24 bits per heavy atom. The lowest BCUT2D eigenvalue weighted by Gasteiger charge is -2.18. The standard InChI is InChI=1S/C22H19F3N6O3/c1-30-19(32)17-12(21(30)5-6-21)3-2-4-16(17)34-18-13(22(23,24)25)9-26-20(29-18)28-14-10-27-31-7-8-33-11-15(14)31/h2-4,9-10H,5-8,11H2,1H3,(H,26,28,29). The number of amides is 1. The van der Waals surface area contributed by atoms with Gasteiger partial charge in [-0.15, -0.1) is 0 Å². The second-order valence-corrected chi connectivity index (χ2v) is 8.49. The molecule has 34 heavy (non-hydrogen) atoms. The van der Waals surface area contributed by atoms with Gasteiger partial charge in [0.25, 0.3) is 5.91 Å². The van der Waals surface area contributed by atoms with Gasteiger partial charge in [0.15, 0.2) is 0 Å². The summed E-state index contributed by atoms with van der Waals surface area (Å²) in [5.74, 6) is -1.04. The first-order valence-corrected chi connectivity index (χ1v) is 10.7. The third kappa shape index (κ3) is 3.12. The van der Waals surface area contributed by atoms with Crippen molar-refractivity contribution >= 4 is 17.5 Å². The Morgan fingerprint density at radius 3 is 2.82 bits per heavy atom. The summed E-state index contributed by atoms with van der Waals surface area (Å²) in [5.41, 5.74) is 0.771. The molecular weight excluding hydrogens is 453 g/mol. The number of benzene rings is 1.